The molecule has 1 N–H and O–H groups in total. The van der Waals surface area contributed by atoms with Crippen molar-refractivity contribution in [1.82, 2.24) is 0 Å². The van der Waals surface area contributed by atoms with E-state index < -0.39 is 0 Å². The topological polar surface area (TPSA) is 38.3 Å². The van der Waals surface area contributed by atoms with E-state index in [9.17, 15) is 4.79 Å². The third kappa shape index (κ3) is 4.63. The number of carbonyl (C=O) groups excluding carboxylic acids is 1. The monoisotopic (exact) mass is 415 g/mol. The molecule has 23 heavy (non-hydrogen) atoms. The van der Waals surface area contributed by atoms with Crippen molar-refractivity contribution in [1.29, 1.82) is 0 Å². The fourth-order valence-electron chi connectivity index (χ4n) is 2.13. The second-order valence-electron chi connectivity index (χ2n) is 5.25. The summed E-state index contributed by atoms with van der Waals surface area (Å²) in [6.45, 7) is 5.86. The Kier molecular flexibility index (Phi) is 5.95. The lowest BCUT2D eigenvalue weighted by atomic mass is 10.1. The Balaban J connectivity index is 2.05. The van der Waals surface area contributed by atoms with E-state index in [0.717, 1.165) is 21.2 Å². The number of ether oxygens (including phenoxy) is 1. The van der Waals surface area contributed by atoms with Crippen molar-refractivity contribution >= 4 is 50.7 Å². The molecule has 6 heteroatoms. The van der Waals surface area contributed by atoms with Gasteiger partial charge in [0.05, 0.1) is 0 Å². The van der Waals surface area contributed by atoms with Gasteiger partial charge in [-0.05, 0) is 61.7 Å². The van der Waals surface area contributed by atoms with E-state index in [1.807, 2.05) is 26.8 Å². The van der Waals surface area contributed by atoms with Crippen LogP contribution in [0.5, 0.6) is 5.75 Å². The van der Waals surface area contributed by atoms with Crippen LogP contribution in [0.4, 0.5) is 5.69 Å². The molecule has 0 aliphatic carbocycles. The summed E-state index contributed by atoms with van der Waals surface area (Å²) in [5, 5.41) is 3.64. The summed E-state index contributed by atoms with van der Waals surface area (Å²) in [5.74, 6) is 0.420. The van der Waals surface area contributed by atoms with Crippen LogP contribution in [0.15, 0.2) is 28.7 Å². The zero-order valence-electron chi connectivity index (χ0n) is 13.0. The molecule has 2 rings (SSSR count). The van der Waals surface area contributed by atoms with Crippen molar-refractivity contribution < 1.29 is 9.53 Å². The molecule has 3 nitrogen and oxygen atoms in total. The van der Waals surface area contributed by atoms with Crippen LogP contribution in [-0.2, 0) is 4.79 Å². The largest absolute Gasteiger partial charge is 0.483 e. The van der Waals surface area contributed by atoms with E-state index in [0.29, 0.717) is 21.5 Å². The Morgan fingerprint density at radius 1 is 1.09 bits per heavy atom. The standard InChI is InChI=1S/C17H16BrCl2NO2/c1-9-4-15(10(2)11(3)17(9)18)23-8-16(22)21-14-6-12(19)5-13(20)7-14/h4-7H,8H2,1-3H3,(H,21,22). The van der Waals surface area contributed by atoms with Crippen molar-refractivity contribution in [3.05, 3.63) is 55.5 Å². The van der Waals surface area contributed by atoms with Gasteiger partial charge in [0.1, 0.15) is 5.75 Å². The minimum Gasteiger partial charge on any atom is -0.483 e. The molecule has 2 aromatic rings. The quantitative estimate of drug-likeness (QED) is 0.694. The van der Waals surface area contributed by atoms with Gasteiger partial charge in [0.25, 0.3) is 5.91 Å². The maximum Gasteiger partial charge on any atom is 0.262 e. The first-order chi connectivity index (χ1) is 10.8. The van der Waals surface area contributed by atoms with Gasteiger partial charge in [-0.1, -0.05) is 39.1 Å². The first kappa shape index (κ1) is 18.1. The van der Waals surface area contributed by atoms with Gasteiger partial charge >= 0.3 is 0 Å². The third-order valence-electron chi connectivity index (χ3n) is 3.46. The van der Waals surface area contributed by atoms with Gasteiger partial charge in [0, 0.05) is 20.2 Å². The Morgan fingerprint density at radius 2 is 1.70 bits per heavy atom. The predicted octanol–water partition coefficient (Wildman–Crippen LogP) is 5.70. The Labute approximate surface area is 154 Å². The maximum atomic E-state index is 12.0. The lowest BCUT2D eigenvalue weighted by Crippen LogP contribution is -2.20. The first-order valence-electron chi connectivity index (χ1n) is 6.93. The van der Waals surface area contributed by atoms with Gasteiger partial charge in [-0.15, -0.1) is 0 Å². The highest BCUT2D eigenvalue weighted by atomic mass is 79.9. The van der Waals surface area contributed by atoms with Crippen LogP contribution >= 0.6 is 39.1 Å². The van der Waals surface area contributed by atoms with Gasteiger partial charge in [0.15, 0.2) is 6.61 Å². The highest BCUT2D eigenvalue weighted by Gasteiger charge is 2.11. The maximum absolute atomic E-state index is 12.0. The van der Waals surface area contributed by atoms with Crippen molar-refractivity contribution in [3.63, 3.8) is 0 Å². The molecule has 122 valence electrons. The number of aryl methyl sites for hydroxylation is 1. The molecule has 0 atom stereocenters. The van der Waals surface area contributed by atoms with Crippen molar-refractivity contribution in [2.24, 2.45) is 0 Å². The molecule has 0 radical (unpaired) electrons. The average Bonchev–Trinajstić information content (AvgIpc) is 2.46. The fourth-order valence-corrected chi connectivity index (χ4v) is 3.07. The minimum atomic E-state index is -0.277. The van der Waals surface area contributed by atoms with Crippen LogP contribution in [0.2, 0.25) is 10.0 Å². The Hall–Kier alpha value is -1.23. The van der Waals surface area contributed by atoms with Gasteiger partial charge in [-0.25, -0.2) is 0 Å². The summed E-state index contributed by atoms with van der Waals surface area (Å²) in [6, 6.07) is 6.77. The summed E-state index contributed by atoms with van der Waals surface area (Å²) in [5.41, 5.74) is 3.70. The summed E-state index contributed by atoms with van der Waals surface area (Å²) >= 11 is 15.4. The molecule has 1 amide bonds. The van der Waals surface area contributed by atoms with Crippen molar-refractivity contribution in [2.75, 3.05) is 11.9 Å². The zero-order valence-corrected chi connectivity index (χ0v) is 16.1. The van der Waals surface area contributed by atoms with E-state index in [1.54, 1.807) is 18.2 Å². The van der Waals surface area contributed by atoms with Crippen LogP contribution in [0, 0.1) is 20.8 Å². The van der Waals surface area contributed by atoms with Crippen LogP contribution in [0.1, 0.15) is 16.7 Å². The molecule has 0 unspecified atom stereocenters. The molecular weight excluding hydrogens is 401 g/mol. The summed E-state index contributed by atoms with van der Waals surface area (Å²) in [7, 11) is 0. The van der Waals surface area contributed by atoms with Crippen LogP contribution < -0.4 is 10.1 Å². The number of carbonyl (C=O) groups is 1. The second kappa shape index (κ2) is 7.56. The SMILES string of the molecule is Cc1cc(OCC(=O)Nc2cc(Cl)cc(Cl)c2)c(C)c(C)c1Br. The lowest BCUT2D eigenvalue weighted by molar-refractivity contribution is -0.118. The Morgan fingerprint density at radius 3 is 2.30 bits per heavy atom. The minimum absolute atomic E-state index is 0.0918. The van der Waals surface area contributed by atoms with Gasteiger partial charge in [0.2, 0.25) is 0 Å². The lowest BCUT2D eigenvalue weighted by Gasteiger charge is -2.14. The zero-order chi connectivity index (χ0) is 17.1. The highest BCUT2D eigenvalue weighted by Crippen LogP contribution is 2.31. The molecule has 0 fully saturated rings. The number of hydrogen-bond donors (Lipinski definition) is 1. The summed E-state index contributed by atoms with van der Waals surface area (Å²) in [6.07, 6.45) is 0. The molecule has 0 saturated carbocycles. The number of halogens is 3. The smallest absolute Gasteiger partial charge is 0.262 e. The van der Waals surface area contributed by atoms with Crippen molar-refractivity contribution in [2.45, 2.75) is 20.8 Å². The molecule has 0 saturated heterocycles. The molecule has 0 bridgehead atoms. The van der Waals surface area contributed by atoms with E-state index in [2.05, 4.69) is 21.2 Å². The average molecular weight is 417 g/mol. The van der Waals surface area contributed by atoms with Crippen LogP contribution in [0.3, 0.4) is 0 Å². The number of rotatable bonds is 4. The molecule has 0 heterocycles. The number of amides is 1. The Bertz CT molecular complexity index is 742. The fraction of sp³-hybridized carbons (Fsp3) is 0.235. The second-order valence-corrected chi connectivity index (χ2v) is 6.92. The predicted molar refractivity (Wildman–Crippen MR) is 98.9 cm³/mol. The molecule has 0 aromatic heterocycles. The highest BCUT2D eigenvalue weighted by molar-refractivity contribution is 9.10. The molecule has 0 spiro atoms. The molecule has 0 aliphatic heterocycles. The van der Waals surface area contributed by atoms with Crippen molar-refractivity contribution in [3.8, 4) is 5.75 Å². The molecular formula is C17H16BrCl2NO2. The number of hydrogen-bond acceptors (Lipinski definition) is 2. The van der Waals surface area contributed by atoms with E-state index >= 15 is 0 Å². The van der Waals surface area contributed by atoms with Crippen LogP contribution in [-0.4, -0.2) is 12.5 Å². The number of nitrogens with one attached hydrogen (secondary N) is 1. The summed E-state index contributed by atoms with van der Waals surface area (Å²) in [4.78, 5) is 12.0. The molecule has 2 aromatic carbocycles. The third-order valence-corrected chi connectivity index (χ3v) is 5.12. The van der Waals surface area contributed by atoms with Crippen LogP contribution in [0.25, 0.3) is 0 Å². The first-order valence-corrected chi connectivity index (χ1v) is 8.48. The molecule has 0 aliphatic rings. The normalized spacial score (nSPS) is 10.5. The number of anilines is 1. The van der Waals surface area contributed by atoms with Gasteiger partial charge in [-0.3, -0.25) is 4.79 Å². The number of benzene rings is 2. The van der Waals surface area contributed by atoms with Gasteiger partial charge < -0.3 is 10.1 Å². The van der Waals surface area contributed by atoms with E-state index in [-0.39, 0.29) is 12.5 Å². The van der Waals surface area contributed by atoms with Gasteiger partial charge in [-0.2, -0.15) is 0 Å². The summed E-state index contributed by atoms with van der Waals surface area (Å²) < 4.78 is 6.70. The van der Waals surface area contributed by atoms with E-state index in [4.69, 9.17) is 27.9 Å². The van der Waals surface area contributed by atoms with E-state index in [1.165, 1.54) is 0 Å².